The Hall–Kier alpha value is -1.07. The van der Waals surface area contributed by atoms with E-state index in [-0.39, 0.29) is 0 Å². The Labute approximate surface area is 135 Å². The van der Waals surface area contributed by atoms with Gasteiger partial charge in [-0.1, -0.05) is 25.7 Å². The highest BCUT2D eigenvalue weighted by atomic mass is 79.9. The van der Waals surface area contributed by atoms with E-state index in [0.29, 0.717) is 11.6 Å². The Morgan fingerprint density at radius 2 is 1.90 bits per heavy atom. The summed E-state index contributed by atoms with van der Waals surface area (Å²) in [6.07, 6.45) is 8.09. The molecular weight excluding hydrogens is 330 g/mol. The highest BCUT2D eigenvalue weighted by molar-refractivity contribution is 9.10. The van der Waals surface area contributed by atoms with Crippen molar-refractivity contribution in [3.8, 4) is 0 Å². The number of halogens is 1. The van der Waals surface area contributed by atoms with Gasteiger partial charge >= 0.3 is 0 Å². The number of carbonyl (C=O) groups excluding carboxylic acids is 1. The number of nitrogens with two attached hydrogens (primary N) is 1. The standard InChI is InChI=1S/C16H24BrN3O/c17-15-11-13(7-8-14(15)16(18)21)20-10-9-19-12-5-3-1-2-4-6-12/h7-8,11-12,19-20H,1-6,9-10H2,(H2,18,21). The summed E-state index contributed by atoms with van der Waals surface area (Å²) in [7, 11) is 0. The lowest BCUT2D eigenvalue weighted by Crippen LogP contribution is -2.32. The van der Waals surface area contributed by atoms with Crippen LogP contribution in [0.4, 0.5) is 5.69 Å². The molecule has 1 aliphatic carbocycles. The molecule has 0 aromatic heterocycles. The van der Waals surface area contributed by atoms with E-state index in [9.17, 15) is 4.79 Å². The summed E-state index contributed by atoms with van der Waals surface area (Å²) in [4.78, 5) is 11.2. The van der Waals surface area contributed by atoms with Crippen molar-refractivity contribution in [2.45, 2.75) is 44.6 Å². The van der Waals surface area contributed by atoms with Crippen molar-refractivity contribution in [2.24, 2.45) is 5.73 Å². The predicted octanol–water partition coefficient (Wildman–Crippen LogP) is 3.27. The lowest BCUT2D eigenvalue weighted by Gasteiger charge is -2.16. The van der Waals surface area contributed by atoms with Gasteiger partial charge in [-0.05, 0) is 47.0 Å². The first-order valence-electron chi connectivity index (χ1n) is 7.73. The van der Waals surface area contributed by atoms with Crippen molar-refractivity contribution in [2.75, 3.05) is 18.4 Å². The quantitative estimate of drug-likeness (QED) is 0.543. The molecule has 116 valence electrons. The largest absolute Gasteiger partial charge is 0.384 e. The fourth-order valence-electron chi connectivity index (χ4n) is 2.79. The summed E-state index contributed by atoms with van der Waals surface area (Å²) >= 11 is 3.37. The molecule has 4 nitrogen and oxygen atoms in total. The first-order chi connectivity index (χ1) is 10.2. The minimum atomic E-state index is -0.413. The van der Waals surface area contributed by atoms with Gasteiger partial charge in [-0.15, -0.1) is 0 Å². The highest BCUT2D eigenvalue weighted by Crippen LogP contribution is 2.21. The molecule has 0 radical (unpaired) electrons. The Balaban J connectivity index is 1.73. The minimum Gasteiger partial charge on any atom is -0.384 e. The Bertz CT molecular complexity index is 471. The maximum Gasteiger partial charge on any atom is 0.249 e. The van der Waals surface area contributed by atoms with Crippen LogP contribution in [0.25, 0.3) is 0 Å². The van der Waals surface area contributed by atoms with Crippen LogP contribution in [0, 0.1) is 0 Å². The van der Waals surface area contributed by atoms with E-state index in [0.717, 1.165) is 23.2 Å². The van der Waals surface area contributed by atoms with Gasteiger partial charge in [0.1, 0.15) is 0 Å². The summed E-state index contributed by atoms with van der Waals surface area (Å²) in [6.45, 7) is 1.83. The van der Waals surface area contributed by atoms with Crippen molar-refractivity contribution < 1.29 is 4.79 Å². The summed E-state index contributed by atoms with van der Waals surface area (Å²) in [5, 5.41) is 6.99. The van der Waals surface area contributed by atoms with Crippen LogP contribution in [0.3, 0.4) is 0 Å². The zero-order chi connectivity index (χ0) is 15.1. The Kier molecular flexibility index (Phi) is 6.51. The molecule has 4 N–H and O–H groups in total. The lowest BCUT2D eigenvalue weighted by atomic mass is 10.1. The second-order valence-electron chi connectivity index (χ2n) is 5.63. The van der Waals surface area contributed by atoms with E-state index in [1.807, 2.05) is 12.1 Å². The molecule has 1 aromatic rings. The topological polar surface area (TPSA) is 67.2 Å². The van der Waals surface area contributed by atoms with Crippen molar-refractivity contribution in [1.82, 2.24) is 5.32 Å². The van der Waals surface area contributed by atoms with Gasteiger partial charge < -0.3 is 16.4 Å². The van der Waals surface area contributed by atoms with Crippen molar-refractivity contribution >= 4 is 27.5 Å². The van der Waals surface area contributed by atoms with Crippen LogP contribution >= 0.6 is 15.9 Å². The van der Waals surface area contributed by atoms with E-state index < -0.39 is 5.91 Å². The van der Waals surface area contributed by atoms with Crippen molar-refractivity contribution in [3.05, 3.63) is 28.2 Å². The molecule has 0 bridgehead atoms. The molecule has 0 spiro atoms. The molecule has 1 fully saturated rings. The number of carbonyl (C=O) groups is 1. The zero-order valence-electron chi connectivity index (χ0n) is 12.3. The molecule has 0 saturated heterocycles. The summed E-state index contributed by atoms with van der Waals surface area (Å²) < 4.78 is 0.733. The Morgan fingerprint density at radius 1 is 1.19 bits per heavy atom. The van der Waals surface area contributed by atoms with Gasteiger partial charge in [-0.2, -0.15) is 0 Å². The molecule has 21 heavy (non-hydrogen) atoms. The Morgan fingerprint density at radius 3 is 2.52 bits per heavy atom. The predicted molar refractivity (Wildman–Crippen MR) is 90.6 cm³/mol. The van der Waals surface area contributed by atoms with Gasteiger partial charge in [0.25, 0.3) is 0 Å². The summed E-state index contributed by atoms with van der Waals surface area (Å²) in [5.41, 5.74) is 6.79. The zero-order valence-corrected chi connectivity index (χ0v) is 13.9. The van der Waals surface area contributed by atoms with Gasteiger partial charge in [-0.3, -0.25) is 4.79 Å². The number of hydrogen-bond donors (Lipinski definition) is 3. The number of nitrogens with one attached hydrogen (secondary N) is 2. The third-order valence-electron chi connectivity index (χ3n) is 3.98. The monoisotopic (exact) mass is 353 g/mol. The normalized spacial score (nSPS) is 16.4. The second-order valence-corrected chi connectivity index (χ2v) is 6.48. The maximum atomic E-state index is 11.2. The second kappa shape index (κ2) is 8.39. The van der Waals surface area contributed by atoms with Crippen LogP contribution in [0.2, 0.25) is 0 Å². The SMILES string of the molecule is NC(=O)c1ccc(NCCNC2CCCCCC2)cc1Br. The molecule has 0 aliphatic heterocycles. The lowest BCUT2D eigenvalue weighted by molar-refractivity contribution is 0.0999. The third-order valence-corrected chi connectivity index (χ3v) is 4.63. The van der Waals surface area contributed by atoms with E-state index in [2.05, 4.69) is 26.6 Å². The summed E-state index contributed by atoms with van der Waals surface area (Å²) in [6, 6.07) is 6.20. The molecule has 1 aromatic carbocycles. The molecule has 0 unspecified atom stereocenters. The number of amides is 1. The number of benzene rings is 1. The molecule has 2 rings (SSSR count). The number of rotatable bonds is 6. The van der Waals surface area contributed by atoms with Crippen LogP contribution in [0.15, 0.2) is 22.7 Å². The highest BCUT2D eigenvalue weighted by Gasteiger charge is 2.11. The van der Waals surface area contributed by atoms with Gasteiger partial charge in [0, 0.05) is 29.3 Å². The first kappa shape index (κ1) is 16.3. The maximum absolute atomic E-state index is 11.2. The first-order valence-corrected chi connectivity index (χ1v) is 8.53. The average Bonchev–Trinajstić information content (AvgIpc) is 2.72. The molecular formula is C16H24BrN3O. The number of hydrogen-bond acceptors (Lipinski definition) is 3. The van der Waals surface area contributed by atoms with Crippen molar-refractivity contribution in [1.29, 1.82) is 0 Å². The van der Waals surface area contributed by atoms with Gasteiger partial charge in [0.2, 0.25) is 5.91 Å². The van der Waals surface area contributed by atoms with Crippen LogP contribution in [-0.2, 0) is 0 Å². The minimum absolute atomic E-state index is 0.413. The number of primary amides is 1. The average molecular weight is 354 g/mol. The van der Waals surface area contributed by atoms with Gasteiger partial charge in [0.15, 0.2) is 0 Å². The molecule has 0 heterocycles. The van der Waals surface area contributed by atoms with E-state index in [1.54, 1.807) is 6.07 Å². The van der Waals surface area contributed by atoms with Crippen LogP contribution in [0.1, 0.15) is 48.9 Å². The molecule has 1 amide bonds. The van der Waals surface area contributed by atoms with Gasteiger partial charge in [-0.25, -0.2) is 0 Å². The van der Waals surface area contributed by atoms with E-state index in [1.165, 1.54) is 38.5 Å². The fraction of sp³-hybridized carbons (Fsp3) is 0.562. The smallest absolute Gasteiger partial charge is 0.249 e. The number of anilines is 1. The van der Waals surface area contributed by atoms with Crippen LogP contribution in [0.5, 0.6) is 0 Å². The van der Waals surface area contributed by atoms with Crippen LogP contribution < -0.4 is 16.4 Å². The fourth-order valence-corrected chi connectivity index (χ4v) is 3.37. The van der Waals surface area contributed by atoms with E-state index >= 15 is 0 Å². The molecule has 5 heteroatoms. The molecule has 1 aliphatic rings. The summed E-state index contributed by atoms with van der Waals surface area (Å²) in [5.74, 6) is -0.413. The molecule has 0 atom stereocenters. The molecule has 1 saturated carbocycles. The van der Waals surface area contributed by atoms with E-state index in [4.69, 9.17) is 5.73 Å². The third kappa shape index (κ3) is 5.32. The van der Waals surface area contributed by atoms with Crippen molar-refractivity contribution in [3.63, 3.8) is 0 Å². The van der Waals surface area contributed by atoms with Gasteiger partial charge in [0.05, 0.1) is 5.56 Å². The van der Waals surface area contributed by atoms with Crippen LogP contribution in [-0.4, -0.2) is 25.0 Å².